The molecule has 0 spiro atoms. The number of hydrogen-bond donors (Lipinski definition) is 1. The lowest BCUT2D eigenvalue weighted by atomic mass is 9.87. The van der Waals surface area contributed by atoms with Crippen molar-refractivity contribution in [2.75, 3.05) is 12.8 Å². The maximum Gasteiger partial charge on any atom is 0.362 e. The van der Waals surface area contributed by atoms with Crippen LogP contribution in [0.15, 0.2) is 50.0 Å². The average Bonchev–Trinajstić information content (AvgIpc) is 3.33. The fourth-order valence-corrected chi connectivity index (χ4v) is 4.94. The molecule has 2 N–H and O–H groups in total. The second-order valence-corrected chi connectivity index (χ2v) is 9.16. The Morgan fingerprint density at radius 2 is 1.77 bits per heavy atom. The molecule has 2 aromatic heterocycles. The first-order valence-corrected chi connectivity index (χ1v) is 11.4. The molecule has 1 atom stereocenters. The van der Waals surface area contributed by atoms with Crippen LogP contribution in [0.5, 0.6) is 0 Å². The molecule has 178 valence electrons. The largest absolute Gasteiger partial charge is 0.465 e. The number of aromatic nitrogens is 2. The van der Waals surface area contributed by atoms with Gasteiger partial charge < -0.3 is 19.3 Å². The van der Waals surface area contributed by atoms with Gasteiger partial charge >= 0.3 is 11.6 Å². The normalized spacial score (nSPS) is 15.2. The van der Waals surface area contributed by atoms with Crippen LogP contribution in [-0.4, -0.2) is 22.6 Å². The zero-order valence-corrected chi connectivity index (χ0v) is 20.7. The highest BCUT2D eigenvalue weighted by molar-refractivity contribution is 6.36. The van der Waals surface area contributed by atoms with Crippen molar-refractivity contribution in [3.63, 3.8) is 0 Å². The molecule has 35 heavy (non-hydrogen) atoms. The first kappa shape index (κ1) is 23.6. The molecule has 0 saturated carbocycles. The molecule has 12 heteroatoms. The Kier molecular flexibility index (Phi) is 5.93. The highest BCUT2D eigenvalue weighted by Gasteiger charge is 2.40. The van der Waals surface area contributed by atoms with Crippen molar-refractivity contribution in [2.45, 2.75) is 5.92 Å². The number of halogens is 4. The predicted octanol–water partition coefficient (Wildman–Crippen LogP) is 3.91. The predicted molar refractivity (Wildman–Crippen MR) is 132 cm³/mol. The van der Waals surface area contributed by atoms with Crippen molar-refractivity contribution in [3.05, 3.63) is 94.6 Å². The second-order valence-electron chi connectivity index (χ2n) is 7.47. The summed E-state index contributed by atoms with van der Waals surface area (Å²) in [6.07, 6.45) is 1.47. The van der Waals surface area contributed by atoms with E-state index in [-0.39, 0.29) is 39.1 Å². The first-order valence-electron chi connectivity index (χ1n) is 9.92. The highest BCUT2D eigenvalue weighted by atomic mass is 35.5. The van der Waals surface area contributed by atoms with Gasteiger partial charge in [0.15, 0.2) is 0 Å². The molecule has 0 amide bonds. The lowest BCUT2D eigenvalue weighted by Crippen LogP contribution is -2.37. The van der Waals surface area contributed by atoms with Crippen LogP contribution in [-0.2, 0) is 9.53 Å². The molecule has 0 fully saturated rings. The third-order valence-corrected chi connectivity index (χ3v) is 6.55. The van der Waals surface area contributed by atoms with Crippen LogP contribution < -0.4 is 22.3 Å². The summed E-state index contributed by atoms with van der Waals surface area (Å²) in [5.41, 5.74) is 6.12. The van der Waals surface area contributed by atoms with E-state index in [1.54, 1.807) is 24.3 Å². The van der Waals surface area contributed by atoms with Crippen molar-refractivity contribution in [1.29, 1.82) is 0 Å². The van der Waals surface area contributed by atoms with Gasteiger partial charge in [0.2, 0.25) is 11.4 Å². The van der Waals surface area contributed by atoms with Crippen LogP contribution in [0.25, 0.3) is 17.5 Å². The van der Waals surface area contributed by atoms with Gasteiger partial charge in [0, 0.05) is 20.1 Å². The molecule has 0 aliphatic carbocycles. The minimum absolute atomic E-state index is 0.00341. The maximum atomic E-state index is 13.0. The number of nitrogen functional groups attached to an aromatic ring is 1. The summed E-state index contributed by atoms with van der Waals surface area (Å²) in [4.78, 5) is 30.4. The number of benzene rings is 2. The quantitative estimate of drug-likeness (QED) is 0.383. The Morgan fingerprint density at radius 3 is 2.43 bits per heavy atom. The molecule has 0 radical (unpaired) electrons. The second kappa shape index (κ2) is 8.80. The van der Waals surface area contributed by atoms with Gasteiger partial charge in [-0.3, -0.25) is 0 Å². The molecule has 4 aromatic rings. The molecule has 5 rings (SSSR count). The van der Waals surface area contributed by atoms with E-state index in [0.29, 0.717) is 26.2 Å². The third kappa shape index (κ3) is 3.92. The lowest BCUT2D eigenvalue weighted by molar-refractivity contribution is -0.134. The SMILES string of the molecule is COC(=O)C1=c2oc(=O)/c(=C\c3ccc(Cl)cc3Cl)n2-c2oc(N)nc2[C@@H]1c1ccc(Cl)cc1Cl. The van der Waals surface area contributed by atoms with Gasteiger partial charge in [0.05, 0.1) is 13.0 Å². The van der Waals surface area contributed by atoms with Gasteiger partial charge in [0.25, 0.3) is 6.01 Å². The van der Waals surface area contributed by atoms with Crippen LogP contribution in [0.3, 0.4) is 0 Å². The van der Waals surface area contributed by atoms with Gasteiger partial charge in [-0.1, -0.05) is 58.5 Å². The van der Waals surface area contributed by atoms with Crippen LogP contribution in [0.2, 0.25) is 20.1 Å². The van der Waals surface area contributed by atoms with Crippen LogP contribution in [0, 0.1) is 0 Å². The number of carbonyl (C=O) groups excluding carboxylic acids is 1. The number of hydrogen-bond acceptors (Lipinski definition) is 7. The smallest absolute Gasteiger partial charge is 0.362 e. The first-order chi connectivity index (χ1) is 16.7. The standard InChI is InChI=1S/C23H13Cl4N3O5/c1-33-22(32)17-16(12-5-4-11(25)8-14(12)27)18-20(35-23(28)29-18)30-15(21(31)34-19(17)30)6-9-2-3-10(24)7-13(9)26/h2-8,16H,1H3,(H2,28,29)/b15-6+/t16-/m1/s1. The number of fused-ring (bicyclic) bond motifs is 3. The Balaban J connectivity index is 1.93. The van der Waals surface area contributed by atoms with Crippen molar-refractivity contribution in [2.24, 2.45) is 0 Å². The fraction of sp³-hybridized carbons (Fsp3) is 0.0870. The van der Waals surface area contributed by atoms with E-state index in [1.165, 1.54) is 29.9 Å². The number of ether oxygens (including phenoxy) is 1. The topological polar surface area (TPSA) is 113 Å². The summed E-state index contributed by atoms with van der Waals surface area (Å²) in [5, 5.41) is 1.36. The molecule has 1 aliphatic heterocycles. The number of nitrogens with two attached hydrogens (primary N) is 1. The number of carbonyl (C=O) groups is 1. The van der Waals surface area contributed by atoms with Gasteiger partial charge in [0.1, 0.15) is 16.6 Å². The molecule has 0 unspecified atom stereocenters. The summed E-state index contributed by atoms with van der Waals surface area (Å²) in [5.74, 6) is -1.63. The molecule has 0 bridgehead atoms. The zero-order chi connectivity index (χ0) is 25.0. The minimum Gasteiger partial charge on any atom is -0.465 e. The zero-order valence-electron chi connectivity index (χ0n) is 17.6. The number of oxazole rings is 2. The fourth-order valence-electron chi connectivity index (χ4n) is 3.96. The highest BCUT2D eigenvalue weighted by Crippen LogP contribution is 2.41. The third-order valence-electron chi connectivity index (χ3n) is 5.42. The molecule has 0 saturated heterocycles. The van der Waals surface area contributed by atoms with Crippen molar-refractivity contribution < 1.29 is 18.4 Å². The number of rotatable bonds is 3. The Hall–Kier alpha value is -3.17. The maximum absolute atomic E-state index is 13.0. The Labute approximate surface area is 216 Å². The van der Waals surface area contributed by atoms with E-state index in [4.69, 9.17) is 65.7 Å². The molecule has 2 aromatic carbocycles. The molecular formula is C23H13Cl4N3O5. The van der Waals surface area contributed by atoms with Gasteiger partial charge in [-0.25, -0.2) is 14.2 Å². The van der Waals surface area contributed by atoms with E-state index in [2.05, 4.69) is 4.98 Å². The van der Waals surface area contributed by atoms with Crippen LogP contribution in [0.1, 0.15) is 22.7 Å². The summed E-state index contributed by atoms with van der Waals surface area (Å²) >= 11 is 24.8. The minimum atomic E-state index is -0.930. The molecule has 3 heterocycles. The van der Waals surface area contributed by atoms with Crippen LogP contribution >= 0.6 is 46.4 Å². The average molecular weight is 553 g/mol. The molecule has 1 aliphatic rings. The number of esters is 1. The van der Waals surface area contributed by atoms with Crippen molar-refractivity contribution in [1.82, 2.24) is 9.55 Å². The molecular weight excluding hydrogens is 540 g/mol. The summed E-state index contributed by atoms with van der Waals surface area (Å²) in [6.45, 7) is 0. The Morgan fingerprint density at radius 1 is 1.09 bits per heavy atom. The van der Waals surface area contributed by atoms with Gasteiger partial charge in [-0.05, 0) is 41.5 Å². The summed E-state index contributed by atoms with van der Waals surface area (Å²) in [6, 6.07) is 9.32. The lowest BCUT2D eigenvalue weighted by Gasteiger charge is -2.22. The van der Waals surface area contributed by atoms with E-state index in [9.17, 15) is 9.59 Å². The Bertz CT molecular complexity index is 1700. The van der Waals surface area contributed by atoms with Crippen molar-refractivity contribution >= 4 is 70.0 Å². The summed E-state index contributed by atoms with van der Waals surface area (Å²) in [7, 11) is 1.20. The van der Waals surface area contributed by atoms with E-state index < -0.39 is 17.5 Å². The molecule has 8 nitrogen and oxygen atoms in total. The van der Waals surface area contributed by atoms with Crippen molar-refractivity contribution in [3.8, 4) is 5.88 Å². The van der Waals surface area contributed by atoms with Crippen LogP contribution in [0.4, 0.5) is 6.01 Å². The van der Waals surface area contributed by atoms with E-state index >= 15 is 0 Å². The van der Waals surface area contributed by atoms with E-state index in [1.807, 2.05) is 0 Å². The van der Waals surface area contributed by atoms with Gasteiger partial charge in [-0.2, -0.15) is 4.98 Å². The monoisotopic (exact) mass is 551 g/mol. The van der Waals surface area contributed by atoms with Gasteiger partial charge in [-0.15, -0.1) is 0 Å². The number of methoxy groups -OCH3 is 1. The number of anilines is 1. The number of nitrogens with zero attached hydrogens (tertiary/aromatic N) is 2. The summed E-state index contributed by atoms with van der Waals surface area (Å²) < 4.78 is 17.6. The van der Waals surface area contributed by atoms with E-state index in [0.717, 1.165) is 0 Å².